The molecule has 1 unspecified atom stereocenters. The van der Waals surface area contributed by atoms with Gasteiger partial charge >= 0.3 is 0 Å². The molecule has 3 rings (SSSR count). The van der Waals surface area contributed by atoms with E-state index in [1.807, 2.05) is 34.1 Å². The normalized spacial score (nSPS) is 22.2. The van der Waals surface area contributed by atoms with Crippen molar-refractivity contribution in [1.82, 2.24) is 14.7 Å². The van der Waals surface area contributed by atoms with Gasteiger partial charge in [-0.2, -0.15) is 0 Å². The number of hydrogen-bond donors (Lipinski definition) is 0. The van der Waals surface area contributed by atoms with Crippen LogP contribution in [0.15, 0.2) is 24.3 Å². The summed E-state index contributed by atoms with van der Waals surface area (Å²) in [5.74, 6) is 0.214. The molecule has 2 aliphatic rings. The van der Waals surface area contributed by atoms with Gasteiger partial charge in [0.25, 0.3) is 5.91 Å². The number of likely N-dealkylation sites (tertiary alicyclic amines) is 1. The third-order valence-electron chi connectivity index (χ3n) is 5.22. The molecular formula is C19H25N3O3. The SMILES string of the molecule is CC(C)c1ccc(C(=O)N2CCN(C3CC(=O)N(C)C3=O)CC2)cc1. The maximum atomic E-state index is 12.7. The molecule has 1 aromatic carbocycles. The van der Waals surface area contributed by atoms with E-state index in [1.54, 1.807) is 0 Å². The second-order valence-electron chi connectivity index (χ2n) is 7.12. The van der Waals surface area contributed by atoms with Crippen LogP contribution in [0.1, 0.15) is 42.1 Å². The van der Waals surface area contributed by atoms with Crippen molar-refractivity contribution in [2.45, 2.75) is 32.2 Å². The fourth-order valence-electron chi connectivity index (χ4n) is 3.45. The molecule has 2 heterocycles. The molecule has 6 nitrogen and oxygen atoms in total. The van der Waals surface area contributed by atoms with E-state index in [0.717, 1.165) is 0 Å². The van der Waals surface area contributed by atoms with Crippen molar-refractivity contribution in [2.75, 3.05) is 33.2 Å². The van der Waals surface area contributed by atoms with Crippen LogP contribution in [0.25, 0.3) is 0 Å². The largest absolute Gasteiger partial charge is 0.336 e. The second-order valence-corrected chi connectivity index (χ2v) is 7.12. The molecule has 2 aliphatic heterocycles. The number of hydrogen-bond acceptors (Lipinski definition) is 4. The number of imide groups is 1. The molecule has 0 saturated carbocycles. The molecule has 0 aliphatic carbocycles. The van der Waals surface area contributed by atoms with Crippen LogP contribution in [0, 0.1) is 0 Å². The van der Waals surface area contributed by atoms with Gasteiger partial charge in [0.05, 0.1) is 12.5 Å². The van der Waals surface area contributed by atoms with E-state index in [2.05, 4.69) is 13.8 Å². The van der Waals surface area contributed by atoms with E-state index in [-0.39, 0.29) is 30.2 Å². The predicted molar refractivity (Wildman–Crippen MR) is 94.2 cm³/mol. The Balaban J connectivity index is 1.59. The monoisotopic (exact) mass is 343 g/mol. The molecule has 0 radical (unpaired) electrons. The first kappa shape index (κ1) is 17.6. The molecule has 0 aromatic heterocycles. The first-order valence-electron chi connectivity index (χ1n) is 8.82. The van der Waals surface area contributed by atoms with Crippen molar-refractivity contribution in [2.24, 2.45) is 0 Å². The third kappa shape index (κ3) is 3.44. The van der Waals surface area contributed by atoms with E-state index in [1.165, 1.54) is 17.5 Å². The molecule has 2 saturated heterocycles. The number of amides is 3. The number of rotatable bonds is 3. The second kappa shape index (κ2) is 6.96. The minimum absolute atomic E-state index is 0.0286. The Bertz CT molecular complexity index is 676. The Hall–Kier alpha value is -2.21. The lowest BCUT2D eigenvalue weighted by molar-refractivity contribution is -0.138. The lowest BCUT2D eigenvalue weighted by atomic mass is 10.0. The van der Waals surface area contributed by atoms with Gasteiger partial charge in [0.2, 0.25) is 11.8 Å². The van der Waals surface area contributed by atoms with Crippen LogP contribution in [0.2, 0.25) is 0 Å². The highest BCUT2D eigenvalue weighted by molar-refractivity contribution is 6.05. The number of likely N-dealkylation sites (N-methyl/N-ethyl adjacent to an activating group) is 1. The van der Waals surface area contributed by atoms with Gasteiger partial charge in [0.1, 0.15) is 0 Å². The molecule has 1 atom stereocenters. The molecule has 0 N–H and O–H groups in total. The lowest BCUT2D eigenvalue weighted by Gasteiger charge is -2.37. The Labute approximate surface area is 148 Å². The van der Waals surface area contributed by atoms with Crippen molar-refractivity contribution >= 4 is 17.7 Å². The zero-order valence-electron chi connectivity index (χ0n) is 15.1. The summed E-state index contributed by atoms with van der Waals surface area (Å²) in [5, 5.41) is 0. The number of nitrogens with zero attached hydrogens (tertiary/aromatic N) is 3. The van der Waals surface area contributed by atoms with Gasteiger partial charge in [-0.25, -0.2) is 0 Å². The van der Waals surface area contributed by atoms with Gasteiger partial charge in [0, 0.05) is 38.8 Å². The average Bonchev–Trinajstić information content (AvgIpc) is 2.89. The molecule has 6 heteroatoms. The zero-order chi connectivity index (χ0) is 18.1. The van der Waals surface area contributed by atoms with Gasteiger partial charge < -0.3 is 4.90 Å². The number of benzene rings is 1. The van der Waals surface area contributed by atoms with E-state index < -0.39 is 0 Å². The number of carbonyl (C=O) groups is 3. The molecule has 25 heavy (non-hydrogen) atoms. The average molecular weight is 343 g/mol. The highest BCUT2D eigenvalue weighted by Gasteiger charge is 2.40. The summed E-state index contributed by atoms with van der Waals surface area (Å²) in [6.45, 7) is 6.64. The van der Waals surface area contributed by atoms with E-state index in [4.69, 9.17) is 0 Å². The Morgan fingerprint density at radius 1 is 1.04 bits per heavy atom. The van der Waals surface area contributed by atoms with E-state index >= 15 is 0 Å². The molecule has 3 amide bonds. The van der Waals surface area contributed by atoms with E-state index in [9.17, 15) is 14.4 Å². The summed E-state index contributed by atoms with van der Waals surface area (Å²) in [6, 6.07) is 7.43. The van der Waals surface area contributed by atoms with E-state index in [0.29, 0.717) is 37.7 Å². The van der Waals surface area contributed by atoms with Gasteiger partial charge in [-0.1, -0.05) is 26.0 Å². The standard InChI is InChI=1S/C19H25N3O3/c1-13(2)14-4-6-15(7-5-14)18(24)22-10-8-21(9-11-22)16-12-17(23)20(3)19(16)25/h4-7,13,16H,8-12H2,1-3H3. The van der Waals surface area contributed by atoms with Crippen LogP contribution in [-0.2, 0) is 9.59 Å². The van der Waals surface area contributed by atoms with Crippen LogP contribution in [0.3, 0.4) is 0 Å². The first-order chi connectivity index (χ1) is 11.9. The number of piperazine rings is 1. The Morgan fingerprint density at radius 3 is 2.12 bits per heavy atom. The van der Waals surface area contributed by atoms with Crippen LogP contribution in [-0.4, -0.2) is 71.7 Å². The van der Waals surface area contributed by atoms with Crippen LogP contribution in [0.4, 0.5) is 0 Å². The summed E-state index contributed by atoms with van der Waals surface area (Å²) >= 11 is 0. The highest BCUT2D eigenvalue weighted by atomic mass is 16.2. The van der Waals surface area contributed by atoms with Crippen molar-refractivity contribution in [3.63, 3.8) is 0 Å². The van der Waals surface area contributed by atoms with Crippen molar-refractivity contribution in [3.05, 3.63) is 35.4 Å². The molecule has 0 spiro atoms. The van der Waals surface area contributed by atoms with Gasteiger partial charge in [-0.3, -0.25) is 24.2 Å². The molecule has 2 fully saturated rings. The molecule has 1 aromatic rings. The Morgan fingerprint density at radius 2 is 1.64 bits per heavy atom. The topological polar surface area (TPSA) is 60.9 Å². The van der Waals surface area contributed by atoms with Crippen molar-refractivity contribution in [3.8, 4) is 0 Å². The van der Waals surface area contributed by atoms with Crippen LogP contribution < -0.4 is 0 Å². The molecule has 134 valence electrons. The van der Waals surface area contributed by atoms with Crippen LogP contribution in [0.5, 0.6) is 0 Å². The minimum atomic E-state index is -0.361. The summed E-state index contributed by atoms with van der Waals surface area (Å²) in [7, 11) is 1.53. The third-order valence-corrected chi connectivity index (χ3v) is 5.22. The van der Waals surface area contributed by atoms with Crippen LogP contribution >= 0.6 is 0 Å². The molecular weight excluding hydrogens is 318 g/mol. The van der Waals surface area contributed by atoms with Gasteiger partial charge in [0.15, 0.2) is 0 Å². The van der Waals surface area contributed by atoms with Gasteiger partial charge in [-0.15, -0.1) is 0 Å². The molecule has 0 bridgehead atoms. The maximum Gasteiger partial charge on any atom is 0.253 e. The predicted octanol–water partition coefficient (Wildman–Crippen LogP) is 1.33. The summed E-state index contributed by atoms with van der Waals surface area (Å²) in [4.78, 5) is 41.5. The smallest absolute Gasteiger partial charge is 0.253 e. The zero-order valence-corrected chi connectivity index (χ0v) is 15.1. The maximum absolute atomic E-state index is 12.7. The lowest BCUT2D eigenvalue weighted by Crippen LogP contribution is -2.53. The van der Waals surface area contributed by atoms with Crippen molar-refractivity contribution < 1.29 is 14.4 Å². The fourth-order valence-corrected chi connectivity index (χ4v) is 3.45. The fraction of sp³-hybridized carbons (Fsp3) is 0.526. The summed E-state index contributed by atoms with van der Waals surface area (Å²) < 4.78 is 0. The summed E-state index contributed by atoms with van der Waals surface area (Å²) in [5.41, 5.74) is 1.92. The van der Waals surface area contributed by atoms with Crippen molar-refractivity contribution in [1.29, 1.82) is 0 Å². The first-order valence-corrected chi connectivity index (χ1v) is 8.82. The quantitative estimate of drug-likeness (QED) is 0.777. The Kier molecular flexibility index (Phi) is 4.90. The highest BCUT2D eigenvalue weighted by Crippen LogP contribution is 2.20. The van der Waals surface area contributed by atoms with Gasteiger partial charge in [-0.05, 0) is 23.6 Å². The number of carbonyl (C=O) groups excluding carboxylic acids is 3. The minimum Gasteiger partial charge on any atom is -0.336 e. The summed E-state index contributed by atoms with van der Waals surface area (Å²) in [6.07, 6.45) is 0.250.